The summed E-state index contributed by atoms with van der Waals surface area (Å²) in [5.74, 6) is 4.42. The highest BCUT2D eigenvalue weighted by Crippen LogP contribution is 2.29. The van der Waals surface area contributed by atoms with Gasteiger partial charge in [0.25, 0.3) is 5.91 Å². The first-order valence-corrected chi connectivity index (χ1v) is 8.92. The zero-order valence-corrected chi connectivity index (χ0v) is 15.2. The van der Waals surface area contributed by atoms with E-state index < -0.39 is 0 Å². The zero-order chi connectivity index (χ0) is 18.5. The van der Waals surface area contributed by atoms with Crippen LogP contribution < -0.4 is 10.2 Å². The van der Waals surface area contributed by atoms with Gasteiger partial charge in [-0.05, 0) is 38.8 Å². The molecule has 0 bridgehead atoms. The van der Waals surface area contributed by atoms with Gasteiger partial charge >= 0.3 is 0 Å². The Kier molecular flexibility index (Phi) is 5.52. The minimum atomic E-state index is -0.205. The minimum absolute atomic E-state index is 0.205. The lowest BCUT2D eigenvalue weighted by molar-refractivity contribution is 0.0958. The smallest absolute Gasteiger partial charge is 0.253 e. The van der Waals surface area contributed by atoms with Crippen molar-refractivity contribution in [2.24, 2.45) is 0 Å². The Morgan fingerprint density at radius 1 is 1.46 bits per heavy atom. The molecule has 2 aromatic heterocycles. The van der Waals surface area contributed by atoms with E-state index in [4.69, 9.17) is 6.42 Å². The number of piperidine rings is 1. The van der Waals surface area contributed by atoms with Gasteiger partial charge in [0, 0.05) is 31.2 Å². The van der Waals surface area contributed by atoms with E-state index in [0.717, 1.165) is 37.6 Å². The third-order valence-electron chi connectivity index (χ3n) is 4.63. The van der Waals surface area contributed by atoms with Gasteiger partial charge in [-0.1, -0.05) is 5.92 Å². The van der Waals surface area contributed by atoms with Gasteiger partial charge in [-0.25, -0.2) is 4.98 Å². The van der Waals surface area contributed by atoms with Gasteiger partial charge in [-0.3, -0.25) is 4.79 Å². The topological polar surface area (TPSA) is 75.9 Å². The molecule has 1 N–H and O–H groups in total. The molecule has 0 aliphatic carbocycles. The van der Waals surface area contributed by atoms with Crippen LogP contribution in [0.2, 0.25) is 0 Å². The van der Waals surface area contributed by atoms with Crippen molar-refractivity contribution in [3.8, 4) is 12.3 Å². The molecule has 0 radical (unpaired) electrons. The molecule has 0 saturated carbocycles. The molecule has 1 aliphatic heterocycles. The van der Waals surface area contributed by atoms with Gasteiger partial charge in [0.2, 0.25) is 0 Å². The van der Waals surface area contributed by atoms with E-state index in [1.165, 1.54) is 0 Å². The van der Waals surface area contributed by atoms with Crippen LogP contribution in [0.5, 0.6) is 0 Å². The first kappa shape index (κ1) is 17.9. The van der Waals surface area contributed by atoms with Crippen molar-refractivity contribution < 1.29 is 4.79 Å². The molecule has 136 valence electrons. The molecule has 7 nitrogen and oxygen atoms in total. The summed E-state index contributed by atoms with van der Waals surface area (Å²) in [5.41, 5.74) is 0.511. The van der Waals surface area contributed by atoms with Gasteiger partial charge in [0.15, 0.2) is 0 Å². The van der Waals surface area contributed by atoms with Gasteiger partial charge < -0.3 is 14.8 Å². The summed E-state index contributed by atoms with van der Waals surface area (Å²) in [6, 6.07) is 4.02. The summed E-state index contributed by atoms with van der Waals surface area (Å²) in [6.07, 6.45) is 10.7. The Hall–Kier alpha value is -2.88. The number of anilines is 1. The highest BCUT2D eigenvalue weighted by Gasteiger charge is 2.26. The second kappa shape index (κ2) is 8.00. The number of nitrogens with zero attached hydrogens (tertiary/aromatic N) is 5. The number of hydrogen-bond acceptors (Lipinski definition) is 5. The molecular weight excluding hydrogens is 328 g/mol. The van der Waals surface area contributed by atoms with E-state index in [9.17, 15) is 4.79 Å². The molecule has 2 aromatic rings. The van der Waals surface area contributed by atoms with E-state index in [1.807, 2.05) is 6.07 Å². The number of hydrogen-bond donors (Lipinski definition) is 1. The molecule has 3 heterocycles. The van der Waals surface area contributed by atoms with E-state index in [-0.39, 0.29) is 12.5 Å². The van der Waals surface area contributed by atoms with Crippen LogP contribution in [0, 0.1) is 12.3 Å². The summed E-state index contributed by atoms with van der Waals surface area (Å²) in [6.45, 7) is 6.28. The number of nitrogens with one attached hydrogen (secondary N) is 1. The van der Waals surface area contributed by atoms with Gasteiger partial charge in [0.05, 0.1) is 12.1 Å². The summed E-state index contributed by atoms with van der Waals surface area (Å²) in [7, 11) is 0. The van der Waals surface area contributed by atoms with Crippen LogP contribution in [0.3, 0.4) is 0 Å². The van der Waals surface area contributed by atoms with Crippen molar-refractivity contribution in [2.75, 3.05) is 24.5 Å². The minimum Gasteiger partial charge on any atom is -0.356 e. The molecule has 0 spiro atoms. The molecule has 1 unspecified atom stereocenters. The molecule has 1 fully saturated rings. The third kappa shape index (κ3) is 3.85. The van der Waals surface area contributed by atoms with Crippen molar-refractivity contribution in [1.82, 2.24) is 25.1 Å². The monoisotopic (exact) mass is 352 g/mol. The molecule has 26 heavy (non-hydrogen) atoms. The molecule has 3 rings (SSSR count). The average molecular weight is 352 g/mol. The van der Waals surface area contributed by atoms with Gasteiger partial charge in [0.1, 0.15) is 18.0 Å². The molecule has 1 saturated heterocycles. The lowest BCUT2D eigenvalue weighted by Gasteiger charge is -2.33. The maximum atomic E-state index is 11.9. The highest BCUT2D eigenvalue weighted by molar-refractivity contribution is 5.94. The lowest BCUT2D eigenvalue weighted by atomic mass is 9.97. The van der Waals surface area contributed by atoms with Crippen LogP contribution in [0.1, 0.15) is 54.8 Å². The zero-order valence-electron chi connectivity index (χ0n) is 15.2. The summed E-state index contributed by atoms with van der Waals surface area (Å²) < 4.78 is 2.14. The van der Waals surface area contributed by atoms with E-state index >= 15 is 0 Å². The van der Waals surface area contributed by atoms with Crippen LogP contribution in [-0.4, -0.2) is 45.3 Å². The number of amides is 1. The summed E-state index contributed by atoms with van der Waals surface area (Å²) in [5, 5.41) is 11.1. The number of rotatable bonds is 5. The molecule has 1 aliphatic rings. The van der Waals surface area contributed by atoms with Crippen molar-refractivity contribution in [3.05, 3.63) is 36.0 Å². The Morgan fingerprint density at radius 2 is 2.31 bits per heavy atom. The maximum absolute atomic E-state index is 11.9. The number of aromatic nitrogens is 4. The lowest BCUT2D eigenvalue weighted by Crippen LogP contribution is -2.36. The Morgan fingerprint density at radius 3 is 3.00 bits per heavy atom. The number of pyridine rings is 1. The van der Waals surface area contributed by atoms with Gasteiger partial charge in [-0.15, -0.1) is 16.6 Å². The average Bonchev–Trinajstić information content (AvgIpc) is 3.16. The fraction of sp³-hybridized carbons (Fsp3) is 0.474. The van der Waals surface area contributed by atoms with E-state index in [0.29, 0.717) is 17.5 Å². The summed E-state index contributed by atoms with van der Waals surface area (Å²) in [4.78, 5) is 18.6. The van der Waals surface area contributed by atoms with Crippen molar-refractivity contribution in [2.45, 2.75) is 38.6 Å². The number of carbonyl (C=O) groups excluding carboxylic acids is 1. The van der Waals surface area contributed by atoms with Crippen LogP contribution in [-0.2, 0) is 0 Å². The largest absolute Gasteiger partial charge is 0.356 e. The first-order chi connectivity index (χ1) is 12.6. The van der Waals surface area contributed by atoms with Crippen LogP contribution in [0.4, 0.5) is 5.82 Å². The molecule has 1 amide bonds. The Balaban J connectivity index is 1.71. The van der Waals surface area contributed by atoms with Gasteiger partial charge in [-0.2, -0.15) is 0 Å². The summed E-state index contributed by atoms with van der Waals surface area (Å²) >= 11 is 0. The Bertz CT molecular complexity index is 789. The first-order valence-electron chi connectivity index (χ1n) is 8.92. The molecule has 1 atom stereocenters. The molecular formula is C19H24N6O. The molecule has 0 aromatic carbocycles. The van der Waals surface area contributed by atoms with Crippen molar-refractivity contribution >= 4 is 11.7 Å². The number of carbonyl (C=O) groups is 1. The molecule has 7 heteroatoms. The van der Waals surface area contributed by atoms with E-state index in [1.54, 1.807) is 18.6 Å². The predicted molar refractivity (Wildman–Crippen MR) is 100.0 cm³/mol. The van der Waals surface area contributed by atoms with E-state index in [2.05, 4.69) is 49.7 Å². The Labute approximate surface area is 153 Å². The van der Waals surface area contributed by atoms with Crippen LogP contribution >= 0.6 is 0 Å². The van der Waals surface area contributed by atoms with Crippen LogP contribution in [0.25, 0.3) is 0 Å². The van der Waals surface area contributed by atoms with Crippen molar-refractivity contribution in [3.63, 3.8) is 0 Å². The quantitative estimate of drug-likeness (QED) is 0.833. The third-order valence-corrected chi connectivity index (χ3v) is 4.63. The second-order valence-corrected chi connectivity index (χ2v) is 6.77. The maximum Gasteiger partial charge on any atom is 0.253 e. The fourth-order valence-electron chi connectivity index (χ4n) is 3.28. The SMILES string of the molecule is C#CCNC(=O)c1ccc(N2CCCC(c3nncn3C(C)C)C2)nc1. The van der Waals surface area contributed by atoms with Crippen LogP contribution in [0.15, 0.2) is 24.7 Å². The fourth-order valence-corrected chi connectivity index (χ4v) is 3.28. The second-order valence-electron chi connectivity index (χ2n) is 6.77. The predicted octanol–water partition coefficient (Wildman–Crippen LogP) is 2.00. The van der Waals surface area contributed by atoms with Crippen molar-refractivity contribution in [1.29, 1.82) is 0 Å². The standard InChI is InChI=1S/C19H24N6O/c1-4-9-20-19(26)15-7-8-17(21-11-15)24-10-5-6-16(12-24)18-23-22-13-25(18)14(2)3/h1,7-8,11,13-14,16H,5-6,9-10,12H2,2-3H3,(H,20,26). The number of terminal acetylenes is 1. The highest BCUT2D eigenvalue weighted by atomic mass is 16.1. The normalized spacial score (nSPS) is 17.2.